The smallest absolute Gasteiger partial charge is 0.270 e. The molecule has 2 aromatic carbocycles. The third-order valence-electron chi connectivity index (χ3n) is 5.22. The molecule has 5 rings (SSSR count). The number of benzene rings is 2. The molecule has 0 radical (unpaired) electrons. The van der Waals surface area contributed by atoms with E-state index in [1.807, 2.05) is 0 Å². The van der Waals surface area contributed by atoms with Gasteiger partial charge in [-0.3, -0.25) is 19.7 Å². The first-order chi connectivity index (χ1) is 14.0. The monoisotopic (exact) mass is 456 g/mol. The molecule has 8 nitrogen and oxygen atoms in total. The van der Waals surface area contributed by atoms with E-state index >= 15 is 0 Å². The molecule has 2 heterocycles. The number of pyridine rings is 1. The average Bonchev–Trinajstić information content (AvgIpc) is 3.28. The lowest BCUT2D eigenvalue weighted by molar-refractivity contribution is -0.384. The molecule has 1 aliphatic carbocycles. The van der Waals surface area contributed by atoms with E-state index in [9.17, 15) is 19.7 Å². The summed E-state index contributed by atoms with van der Waals surface area (Å²) in [6.45, 7) is 0.448. The number of ether oxygens (including phenoxy) is 2. The molecule has 0 fully saturated rings. The maximum Gasteiger partial charge on any atom is 0.270 e. The van der Waals surface area contributed by atoms with E-state index in [-0.39, 0.29) is 29.2 Å². The lowest BCUT2D eigenvalue weighted by Crippen LogP contribution is -2.23. The van der Waals surface area contributed by atoms with Gasteiger partial charge in [0.1, 0.15) is 0 Å². The molecule has 146 valence electrons. The van der Waals surface area contributed by atoms with Crippen LogP contribution in [0, 0.1) is 10.1 Å². The first-order valence-corrected chi connectivity index (χ1v) is 10.0. The molecule has 0 spiro atoms. The van der Waals surface area contributed by atoms with Gasteiger partial charge in [0.2, 0.25) is 6.79 Å². The van der Waals surface area contributed by atoms with E-state index < -0.39 is 4.92 Å². The number of nitro groups is 1. The fourth-order valence-corrected chi connectivity index (χ4v) is 4.20. The molecule has 29 heavy (non-hydrogen) atoms. The molecule has 0 saturated carbocycles. The van der Waals surface area contributed by atoms with Crippen molar-refractivity contribution in [2.24, 2.45) is 0 Å². The first-order valence-electron chi connectivity index (χ1n) is 8.91. The number of hydrogen-bond acceptors (Lipinski definition) is 6. The number of fused-ring (bicyclic) bond motifs is 6. The highest BCUT2D eigenvalue weighted by atomic mass is 79.9. The summed E-state index contributed by atoms with van der Waals surface area (Å²) in [5.41, 5.74) is 1.40. The molecular formula is C20H13BrN2O6. The van der Waals surface area contributed by atoms with Crippen LogP contribution < -0.4 is 15.0 Å². The van der Waals surface area contributed by atoms with Crippen LogP contribution in [0.15, 0.2) is 35.1 Å². The number of nitro benzene ring substituents is 1. The Bertz CT molecular complexity index is 1300. The van der Waals surface area contributed by atoms with Crippen molar-refractivity contribution < 1.29 is 19.2 Å². The van der Waals surface area contributed by atoms with E-state index in [4.69, 9.17) is 9.47 Å². The Labute approximate surface area is 171 Å². The zero-order valence-corrected chi connectivity index (χ0v) is 16.5. The normalized spacial score (nSPS) is 13.6. The Morgan fingerprint density at radius 1 is 1.07 bits per heavy atom. The molecule has 3 aromatic rings. The molecule has 2 aliphatic rings. The first kappa shape index (κ1) is 17.9. The summed E-state index contributed by atoms with van der Waals surface area (Å²) in [5, 5.41) is 12.4. The number of rotatable bonds is 4. The van der Waals surface area contributed by atoms with Crippen molar-refractivity contribution in [2.45, 2.75) is 13.0 Å². The van der Waals surface area contributed by atoms with Gasteiger partial charge in [0, 0.05) is 40.5 Å². The lowest BCUT2D eigenvalue weighted by atomic mass is 10.0. The SMILES string of the molecule is O=C1c2cc3c(cc2-c2c1c1ccc([N+](=O)[O-])cc1c(=O)n2CCCBr)OCO3. The van der Waals surface area contributed by atoms with Gasteiger partial charge in [0.05, 0.1) is 21.6 Å². The van der Waals surface area contributed by atoms with Gasteiger partial charge in [-0.05, 0) is 24.6 Å². The topological polar surface area (TPSA) is 101 Å². The molecular weight excluding hydrogens is 444 g/mol. The number of hydrogen-bond donors (Lipinski definition) is 0. The van der Waals surface area contributed by atoms with E-state index in [0.717, 1.165) is 0 Å². The van der Waals surface area contributed by atoms with Crippen LogP contribution in [-0.2, 0) is 6.54 Å². The summed E-state index contributed by atoms with van der Waals surface area (Å²) < 4.78 is 12.4. The predicted octanol–water partition coefficient (Wildman–Crippen LogP) is 3.63. The Morgan fingerprint density at radius 2 is 1.79 bits per heavy atom. The Hall–Kier alpha value is -3.20. The number of alkyl halides is 1. The van der Waals surface area contributed by atoms with Crippen molar-refractivity contribution in [1.82, 2.24) is 4.57 Å². The second kappa shape index (κ2) is 6.41. The minimum absolute atomic E-state index is 0.0804. The fraction of sp³-hybridized carbons (Fsp3) is 0.200. The van der Waals surface area contributed by atoms with Crippen LogP contribution in [0.25, 0.3) is 22.0 Å². The number of aromatic nitrogens is 1. The maximum atomic E-state index is 13.3. The third-order valence-corrected chi connectivity index (χ3v) is 5.78. The maximum absolute atomic E-state index is 13.3. The van der Waals surface area contributed by atoms with Crippen LogP contribution in [0.3, 0.4) is 0 Å². The second-order valence-corrected chi connectivity index (χ2v) is 7.58. The van der Waals surface area contributed by atoms with Crippen LogP contribution >= 0.6 is 15.9 Å². The zero-order chi connectivity index (χ0) is 20.3. The number of ketones is 1. The summed E-state index contributed by atoms with van der Waals surface area (Å²) in [6, 6.07) is 7.39. The van der Waals surface area contributed by atoms with Crippen molar-refractivity contribution in [1.29, 1.82) is 0 Å². The molecule has 1 aliphatic heterocycles. The molecule has 0 N–H and O–H groups in total. The van der Waals surface area contributed by atoms with Crippen molar-refractivity contribution in [3.63, 3.8) is 0 Å². The predicted molar refractivity (Wildman–Crippen MR) is 108 cm³/mol. The van der Waals surface area contributed by atoms with Gasteiger partial charge >= 0.3 is 0 Å². The van der Waals surface area contributed by atoms with E-state index in [0.29, 0.717) is 57.6 Å². The third kappa shape index (κ3) is 2.50. The summed E-state index contributed by atoms with van der Waals surface area (Å²) >= 11 is 3.37. The van der Waals surface area contributed by atoms with E-state index in [2.05, 4.69) is 15.9 Å². The Morgan fingerprint density at radius 3 is 2.48 bits per heavy atom. The van der Waals surface area contributed by atoms with Crippen LogP contribution in [0.4, 0.5) is 5.69 Å². The quantitative estimate of drug-likeness (QED) is 0.264. The molecule has 0 saturated heterocycles. The van der Waals surface area contributed by atoms with Gasteiger partial charge < -0.3 is 14.0 Å². The van der Waals surface area contributed by atoms with E-state index in [1.54, 1.807) is 12.1 Å². The molecule has 9 heteroatoms. The average molecular weight is 457 g/mol. The number of nitrogens with zero attached hydrogens (tertiary/aromatic N) is 2. The Balaban J connectivity index is 1.88. The molecule has 0 amide bonds. The second-order valence-electron chi connectivity index (χ2n) is 6.79. The Kier molecular flexibility index (Phi) is 3.95. The minimum atomic E-state index is -0.551. The van der Waals surface area contributed by atoms with Crippen LogP contribution in [0.5, 0.6) is 11.5 Å². The van der Waals surface area contributed by atoms with Gasteiger partial charge in [0.15, 0.2) is 17.3 Å². The van der Waals surface area contributed by atoms with Gasteiger partial charge in [0.25, 0.3) is 11.2 Å². The van der Waals surface area contributed by atoms with E-state index in [1.165, 1.54) is 22.8 Å². The number of non-ortho nitro benzene ring substituents is 1. The molecule has 0 bridgehead atoms. The van der Waals surface area contributed by atoms with Gasteiger partial charge in [-0.2, -0.15) is 0 Å². The standard InChI is InChI=1S/C20H13BrN2O6/c21-4-1-5-22-18-12-7-15-16(29-9-28-15)8-13(12)19(24)17(18)11-3-2-10(23(26)27)6-14(11)20(22)25/h2-3,6-8H,1,4-5,9H2. The highest BCUT2D eigenvalue weighted by Crippen LogP contribution is 2.46. The number of carbonyl (C=O) groups is 1. The van der Waals surface area contributed by atoms with Gasteiger partial charge in [-0.1, -0.05) is 15.9 Å². The van der Waals surface area contributed by atoms with Crippen molar-refractivity contribution in [3.8, 4) is 22.8 Å². The van der Waals surface area contributed by atoms with Gasteiger partial charge in [-0.15, -0.1) is 0 Å². The minimum Gasteiger partial charge on any atom is -0.454 e. The zero-order valence-electron chi connectivity index (χ0n) is 14.9. The summed E-state index contributed by atoms with van der Waals surface area (Å²) in [7, 11) is 0. The molecule has 0 unspecified atom stereocenters. The summed E-state index contributed by atoms with van der Waals surface area (Å²) in [6.07, 6.45) is 0.654. The number of halogens is 1. The van der Waals surface area contributed by atoms with Crippen LogP contribution in [0.1, 0.15) is 22.3 Å². The van der Waals surface area contributed by atoms with Crippen molar-refractivity contribution in [3.05, 3.63) is 61.9 Å². The largest absolute Gasteiger partial charge is 0.454 e. The lowest BCUT2D eigenvalue weighted by Gasteiger charge is -2.14. The van der Waals surface area contributed by atoms with Crippen LogP contribution in [-0.4, -0.2) is 27.4 Å². The van der Waals surface area contributed by atoms with Crippen LogP contribution in [0.2, 0.25) is 0 Å². The molecule has 1 aromatic heterocycles. The fourth-order valence-electron chi connectivity index (χ4n) is 3.95. The van der Waals surface area contributed by atoms with Crippen molar-refractivity contribution >= 4 is 38.2 Å². The van der Waals surface area contributed by atoms with Gasteiger partial charge in [-0.25, -0.2) is 0 Å². The summed E-state index contributed by atoms with van der Waals surface area (Å²) in [4.78, 5) is 37.2. The van der Waals surface area contributed by atoms with Crippen molar-refractivity contribution in [2.75, 3.05) is 12.1 Å². The highest BCUT2D eigenvalue weighted by molar-refractivity contribution is 9.09. The number of carbonyl (C=O) groups excluding carboxylic acids is 1. The highest BCUT2D eigenvalue weighted by Gasteiger charge is 2.35. The molecule has 0 atom stereocenters. The summed E-state index contributed by atoms with van der Waals surface area (Å²) in [5.74, 6) is 0.770.